The molecule has 10 heteroatoms. The average Bonchev–Trinajstić information content (AvgIpc) is 3.39. The van der Waals surface area contributed by atoms with E-state index in [0.29, 0.717) is 38.2 Å². The van der Waals surface area contributed by atoms with Crippen molar-refractivity contribution >= 4 is 22.9 Å². The molecule has 0 unspecified atom stereocenters. The maximum Gasteiger partial charge on any atom is 0.410 e. The van der Waals surface area contributed by atoms with Crippen molar-refractivity contribution in [3.63, 3.8) is 0 Å². The van der Waals surface area contributed by atoms with Gasteiger partial charge in [0.25, 0.3) is 5.92 Å². The number of hydrogen-bond donors (Lipinski definition) is 0. The van der Waals surface area contributed by atoms with E-state index < -0.39 is 18.1 Å². The number of aryl methyl sites for hydroxylation is 1. The molecule has 8 nitrogen and oxygen atoms in total. The number of rotatable bonds is 3. The van der Waals surface area contributed by atoms with Crippen LogP contribution in [0.15, 0.2) is 24.7 Å². The molecule has 1 aliphatic heterocycles. The predicted molar refractivity (Wildman–Crippen MR) is 112 cm³/mol. The lowest BCUT2D eigenvalue weighted by molar-refractivity contribution is -0.179. The molecule has 0 radical (unpaired) electrons. The number of aromatic nitrogens is 3. The summed E-state index contributed by atoms with van der Waals surface area (Å²) in [4.78, 5) is 20.4. The number of halogens is 2. The van der Waals surface area contributed by atoms with Gasteiger partial charge >= 0.3 is 6.09 Å². The molecule has 1 atom stereocenters. The number of amides is 1. The lowest BCUT2D eigenvalue weighted by Crippen LogP contribution is -2.53. The highest BCUT2D eigenvalue weighted by Crippen LogP contribution is 2.42. The fourth-order valence-corrected chi connectivity index (χ4v) is 4.47. The van der Waals surface area contributed by atoms with Crippen LogP contribution in [0.4, 0.5) is 19.3 Å². The number of anilines is 1. The highest BCUT2D eigenvalue weighted by atomic mass is 19.3. The van der Waals surface area contributed by atoms with Crippen molar-refractivity contribution in [3.8, 4) is 6.07 Å². The molecule has 1 saturated carbocycles. The molecular formula is C22H22F2N6O2. The number of hydrogen-bond acceptors (Lipinski definition) is 6. The first-order valence-electron chi connectivity index (χ1n) is 10.6. The summed E-state index contributed by atoms with van der Waals surface area (Å²) in [5.74, 6) is -2.92. The maximum absolute atomic E-state index is 13.4. The van der Waals surface area contributed by atoms with Crippen LogP contribution in [0.2, 0.25) is 0 Å². The van der Waals surface area contributed by atoms with E-state index in [4.69, 9.17) is 4.74 Å². The molecule has 0 spiro atoms. The van der Waals surface area contributed by atoms with Crippen LogP contribution in [0.1, 0.15) is 29.7 Å². The van der Waals surface area contributed by atoms with E-state index in [1.807, 2.05) is 19.3 Å². The van der Waals surface area contributed by atoms with Crippen molar-refractivity contribution in [3.05, 3.63) is 41.5 Å². The number of fused-ring (bicyclic) bond motifs is 1. The van der Waals surface area contributed by atoms with Crippen LogP contribution >= 0.6 is 0 Å². The van der Waals surface area contributed by atoms with Crippen molar-refractivity contribution < 1.29 is 18.3 Å². The summed E-state index contributed by atoms with van der Waals surface area (Å²) in [6.45, 7) is 1.73. The second-order valence-corrected chi connectivity index (χ2v) is 8.34. The lowest BCUT2D eigenvalue weighted by Gasteiger charge is -2.39. The summed E-state index contributed by atoms with van der Waals surface area (Å²) >= 11 is 0. The molecule has 0 bridgehead atoms. The first kappa shape index (κ1) is 20.4. The van der Waals surface area contributed by atoms with E-state index in [9.17, 15) is 18.8 Å². The van der Waals surface area contributed by atoms with E-state index in [-0.39, 0.29) is 12.8 Å². The Morgan fingerprint density at radius 1 is 1.31 bits per heavy atom. The summed E-state index contributed by atoms with van der Waals surface area (Å²) in [7, 11) is 1.83. The summed E-state index contributed by atoms with van der Waals surface area (Å²) in [5.41, 5.74) is 4.94. The van der Waals surface area contributed by atoms with Crippen LogP contribution in [-0.4, -0.2) is 64.0 Å². The Balaban J connectivity index is 1.33. The van der Waals surface area contributed by atoms with E-state index in [1.165, 1.54) is 4.90 Å². The Labute approximate surface area is 183 Å². The Hall–Kier alpha value is -3.48. The zero-order valence-corrected chi connectivity index (χ0v) is 17.6. The van der Waals surface area contributed by atoms with Crippen molar-refractivity contribution in [1.29, 1.82) is 5.26 Å². The van der Waals surface area contributed by atoms with Gasteiger partial charge in [-0.1, -0.05) is 0 Å². The molecule has 5 rings (SSSR count). The van der Waals surface area contributed by atoms with Gasteiger partial charge in [-0.2, -0.15) is 10.4 Å². The van der Waals surface area contributed by atoms with Crippen LogP contribution in [0, 0.1) is 11.3 Å². The monoisotopic (exact) mass is 440 g/mol. The molecular weight excluding hydrogens is 418 g/mol. The first-order chi connectivity index (χ1) is 15.4. The Bertz CT molecular complexity index is 1140. The number of ether oxygens (including phenoxy) is 1. The zero-order valence-electron chi connectivity index (χ0n) is 17.6. The molecule has 2 fully saturated rings. The Morgan fingerprint density at radius 2 is 2.09 bits per heavy atom. The van der Waals surface area contributed by atoms with Gasteiger partial charge in [0.15, 0.2) is 6.10 Å². The molecule has 2 aliphatic carbocycles. The predicted octanol–water partition coefficient (Wildman–Crippen LogP) is 2.86. The normalized spacial score (nSPS) is 21.8. The smallest absolute Gasteiger partial charge is 0.410 e. The van der Waals surface area contributed by atoms with E-state index >= 15 is 0 Å². The second-order valence-electron chi connectivity index (χ2n) is 8.34. The Kier molecular flexibility index (Phi) is 4.84. The van der Waals surface area contributed by atoms with Crippen LogP contribution in [0.5, 0.6) is 0 Å². The van der Waals surface area contributed by atoms with E-state index in [1.54, 1.807) is 17.1 Å². The Morgan fingerprint density at radius 3 is 2.69 bits per heavy atom. The van der Waals surface area contributed by atoms with Gasteiger partial charge in [0.2, 0.25) is 0 Å². The number of carbonyl (C=O) groups excluding carboxylic acids is 1. The molecule has 32 heavy (non-hydrogen) atoms. The standard InChI is InChI=1S/C22H22F2N6O2/c1-28-13-14(12-27-28)15-10-17-20(16(15)11-25)18(3-5-26-17)29-6-8-30(9-7-29)21(31)32-19-2-4-22(19,23)24/h3,5,12-13,19H,2,4,6-10H2,1H3/t19-/m0/s1. The number of alkyl halides is 2. The fraction of sp³-hybridized carbons (Fsp3) is 0.455. The van der Waals surface area contributed by atoms with E-state index in [0.717, 1.165) is 28.1 Å². The number of nitrogens with zero attached hydrogens (tertiary/aromatic N) is 6. The van der Waals surface area contributed by atoms with Crippen LogP contribution in [-0.2, 0) is 18.2 Å². The number of nitriles is 1. The van der Waals surface area contributed by atoms with Crippen LogP contribution in [0.25, 0.3) is 11.1 Å². The molecule has 3 aliphatic rings. The molecule has 0 aromatic carbocycles. The molecule has 166 valence electrons. The number of pyridine rings is 1. The van der Waals surface area contributed by atoms with Crippen molar-refractivity contribution in [2.75, 3.05) is 31.1 Å². The number of piperazine rings is 1. The molecule has 0 N–H and O–H groups in total. The van der Waals surface area contributed by atoms with Gasteiger partial charge in [0.05, 0.1) is 17.5 Å². The second kappa shape index (κ2) is 7.58. The third kappa shape index (κ3) is 3.38. The van der Waals surface area contributed by atoms with Crippen molar-refractivity contribution in [1.82, 2.24) is 19.7 Å². The van der Waals surface area contributed by atoms with Crippen molar-refractivity contribution in [2.24, 2.45) is 7.05 Å². The molecule has 1 saturated heterocycles. The van der Waals surface area contributed by atoms with Gasteiger partial charge in [-0.05, 0) is 18.1 Å². The SMILES string of the molecule is Cn1cc(C2=C(C#N)c3c(N4CCN(C(=O)O[C@H]5CCC5(F)F)CC4)ccnc3C2)cn1. The van der Waals surface area contributed by atoms with Gasteiger partial charge in [0, 0.05) is 75.3 Å². The summed E-state index contributed by atoms with van der Waals surface area (Å²) in [5, 5.41) is 14.1. The van der Waals surface area contributed by atoms with Gasteiger partial charge in [0.1, 0.15) is 6.07 Å². The molecule has 2 aromatic rings. The topological polar surface area (TPSA) is 87.3 Å². The average molecular weight is 440 g/mol. The van der Waals surface area contributed by atoms with Gasteiger partial charge in [-0.25, -0.2) is 13.6 Å². The minimum atomic E-state index is -2.92. The fourth-order valence-electron chi connectivity index (χ4n) is 4.47. The summed E-state index contributed by atoms with van der Waals surface area (Å²) < 4.78 is 33.5. The largest absolute Gasteiger partial charge is 0.440 e. The minimum Gasteiger partial charge on any atom is -0.440 e. The quantitative estimate of drug-likeness (QED) is 0.730. The third-order valence-electron chi connectivity index (χ3n) is 6.40. The maximum atomic E-state index is 13.4. The molecule has 3 heterocycles. The van der Waals surface area contributed by atoms with Gasteiger partial charge < -0.3 is 14.5 Å². The summed E-state index contributed by atoms with van der Waals surface area (Å²) in [6, 6.07) is 4.23. The first-order valence-corrected chi connectivity index (χ1v) is 10.6. The van der Waals surface area contributed by atoms with E-state index in [2.05, 4.69) is 21.1 Å². The van der Waals surface area contributed by atoms with Crippen LogP contribution < -0.4 is 4.90 Å². The third-order valence-corrected chi connectivity index (χ3v) is 6.40. The minimum absolute atomic E-state index is 0.199. The zero-order chi connectivity index (χ0) is 22.5. The lowest BCUT2D eigenvalue weighted by atomic mass is 9.91. The summed E-state index contributed by atoms with van der Waals surface area (Å²) in [6.07, 6.45) is 3.87. The van der Waals surface area contributed by atoms with Gasteiger partial charge in [-0.3, -0.25) is 9.67 Å². The highest BCUT2D eigenvalue weighted by molar-refractivity contribution is 6.05. The number of allylic oxidation sites excluding steroid dienone is 2. The molecule has 2 aromatic heterocycles. The van der Waals surface area contributed by atoms with Gasteiger partial charge in [-0.15, -0.1) is 0 Å². The van der Waals surface area contributed by atoms with Crippen molar-refractivity contribution in [2.45, 2.75) is 31.3 Å². The highest BCUT2D eigenvalue weighted by Gasteiger charge is 2.51. The number of carbonyl (C=O) groups is 1. The van der Waals surface area contributed by atoms with Crippen LogP contribution in [0.3, 0.4) is 0 Å². The molecule has 1 amide bonds.